The molecule has 7 heteroatoms. The first-order valence-electron chi connectivity index (χ1n) is 11.7. The highest BCUT2D eigenvalue weighted by atomic mass is 16.5. The maximum absolute atomic E-state index is 13.1. The molecule has 1 saturated heterocycles. The summed E-state index contributed by atoms with van der Waals surface area (Å²) in [5.74, 6) is 0.422. The number of pyridine rings is 1. The molecule has 1 fully saturated rings. The second kappa shape index (κ2) is 9.17. The molecule has 0 spiro atoms. The highest BCUT2D eigenvalue weighted by Gasteiger charge is 2.27. The summed E-state index contributed by atoms with van der Waals surface area (Å²) >= 11 is 0. The summed E-state index contributed by atoms with van der Waals surface area (Å²) in [6.07, 6.45) is -0.623. The molecule has 1 amide bonds. The van der Waals surface area contributed by atoms with E-state index in [2.05, 4.69) is 17.0 Å². The number of hydrogen-bond donors (Lipinski definition) is 0. The van der Waals surface area contributed by atoms with E-state index in [0.717, 1.165) is 41.1 Å². The molecule has 1 aliphatic heterocycles. The third-order valence-electron chi connectivity index (χ3n) is 6.35. The number of rotatable bonds is 5. The number of aryl methyl sites for hydroxylation is 2. The van der Waals surface area contributed by atoms with Gasteiger partial charge in [-0.1, -0.05) is 36.4 Å². The topological polar surface area (TPSA) is 63.5 Å². The van der Waals surface area contributed by atoms with E-state index in [1.165, 1.54) is 5.69 Å². The van der Waals surface area contributed by atoms with Crippen molar-refractivity contribution in [3.05, 3.63) is 78.0 Å². The number of aromatic nitrogens is 3. The normalized spacial score (nSPS) is 14.9. The molecule has 0 unspecified atom stereocenters. The van der Waals surface area contributed by atoms with E-state index in [1.54, 1.807) is 6.92 Å². The lowest BCUT2D eigenvalue weighted by Gasteiger charge is -2.37. The first-order valence-corrected chi connectivity index (χ1v) is 11.7. The first kappa shape index (κ1) is 21.9. The van der Waals surface area contributed by atoms with E-state index < -0.39 is 6.10 Å². The third-order valence-corrected chi connectivity index (χ3v) is 6.35. The Kier molecular flexibility index (Phi) is 5.92. The van der Waals surface area contributed by atoms with E-state index >= 15 is 0 Å². The fourth-order valence-corrected chi connectivity index (χ4v) is 4.60. The smallest absolute Gasteiger partial charge is 0.263 e. The van der Waals surface area contributed by atoms with Gasteiger partial charge in [0, 0.05) is 43.3 Å². The molecule has 0 aliphatic carbocycles. The molecule has 174 valence electrons. The van der Waals surface area contributed by atoms with Crippen LogP contribution in [-0.2, 0) is 4.79 Å². The van der Waals surface area contributed by atoms with Crippen molar-refractivity contribution in [2.75, 3.05) is 31.1 Å². The number of carbonyl (C=O) groups is 1. The van der Waals surface area contributed by atoms with E-state index in [0.29, 0.717) is 19.0 Å². The second-order valence-corrected chi connectivity index (χ2v) is 8.72. The molecule has 4 aromatic rings. The zero-order valence-electron chi connectivity index (χ0n) is 19.8. The average Bonchev–Trinajstić information content (AvgIpc) is 3.21. The Labute approximate surface area is 199 Å². The molecule has 2 aromatic carbocycles. The standard InChI is InChI=1S/C27H29N5O2/c1-19-18-24(28-26-25(19)20(2)29-32(26)23-12-8-5-9-13-23)34-21(3)27(33)31-16-14-30(15-17-31)22-10-6-4-7-11-22/h4-13,18,21H,14-17H2,1-3H3/t21-/m1/s1. The Morgan fingerprint density at radius 3 is 2.18 bits per heavy atom. The molecule has 1 aliphatic rings. The Hall–Kier alpha value is -3.87. The fourth-order valence-electron chi connectivity index (χ4n) is 4.60. The van der Waals surface area contributed by atoms with Gasteiger partial charge in [0.2, 0.25) is 5.88 Å². The third kappa shape index (κ3) is 4.21. The number of piperazine rings is 1. The zero-order chi connectivity index (χ0) is 23.7. The molecule has 5 rings (SSSR count). The number of para-hydroxylation sites is 2. The summed E-state index contributed by atoms with van der Waals surface area (Å²) < 4.78 is 7.91. The van der Waals surface area contributed by atoms with Crippen LogP contribution in [-0.4, -0.2) is 57.9 Å². The van der Waals surface area contributed by atoms with Crippen LogP contribution < -0.4 is 9.64 Å². The molecule has 0 saturated carbocycles. The predicted octanol–water partition coefficient (Wildman–Crippen LogP) is 4.15. The number of anilines is 1. The van der Waals surface area contributed by atoms with Gasteiger partial charge in [0.15, 0.2) is 11.8 Å². The van der Waals surface area contributed by atoms with Gasteiger partial charge in [0.1, 0.15) is 0 Å². The number of amides is 1. The number of nitrogens with zero attached hydrogens (tertiary/aromatic N) is 5. The SMILES string of the molecule is Cc1cc(O[C@H](C)C(=O)N2CCN(c3ccccc3)CC2)nc2c1c(C)nn2-c1ccccc1. The Morgan fingerprint density at radius 1 is 0.912 bits per heavy atom. The van der Waals surface area contributed by atoms with Gasteiger partial charge >= 0.3 is 0 Å². The van der Waals surface area contributed by atoms with E-state index in [1.807, 2.05) is 78.0 Å². The van der Waals surface area contributed by atoms with Crippen molar-refractivity contribution < 1.29 is 9.53 Å². The van der Waals surface area contributed by atoms with Gasteiger partial charge in [-0.3, -0.25) is 4.79 Å². The van der Waals surface area contributed by atoms with Crippen LogP contribution in [0.2, 0.25) is 0 Å². The van der Waals surface area contributed by atoms with Crippen LogP contribution in [0.5, 0.6) is 5.88 Å². The zero-order valence-corrected chi connectivity index (χ0v) is 19.8. The molecule has 0 bridgehead atoms. The van der Waals surface area contributed by atoms with Gasteiger partial charge in [-0.25, -0.2) is 4.68 Å². The maximum Gasteiger partial charge on any atom is 0.263 e. The number of fused-ring (bicyclic) bond motifs is 1. The number of carbonyl (C=O) groups excluding carboxylic acids is 1. The lowest BCUT2D eigenvalue weighted by Crippen LogP contribution is -2.52. The molecular weight excluding hydrogens is 426 g/mol. The summed E-state index contributed by atoms with van der Waals surface area (Å²) in [7, 11) is 0. The van der Waals surface area contributed by atoms with Gasteiger partial charge in [-0.2, -0.15) is 10.1 Å². The number of benzene rings is 2. The molecule has 2 aromatic heterocycles. The van der Waals surface area contributed by atoms with Crippen LogP contribution >= 0.6 is 0 Å². The highest BCUT2D eigenvalue weighted by Crippen LogP contribution is 2.27. The first-order chi connectivity index (χ1) is 16.5. The molecule has 0 radical (unpaired) electrons. The van der Waals surface area contributed by atoms with Crippen LogP contribution in [0, 0.1) is 13.8 Å². The summed E-state index contributed by atoms with van der Waals surface area (Å²) in [4.78, 5) is 22.1. The van der Waals surface area contributed by atoms with Crippen LogP contribution in [0.1, 0.15) is 18.2 Å². The maximum atomic E-state index is 13.1. The van der Waals surface area contributed by atoms with Crippen molar-refractivity contribution in [3.63, 3.8) is 0 Å². The highest BCUT2D eigenvalue weighted by molar-refractivity contribution is 5.84. The molecule has 34 heavy (non-hydrogen) atoms. The van der Waals surface area contributed by atoms with E-state index in [-0.39, 0.29) is 5.91 Å². The minimum atomic E-state index is -0.623. The lowest BCUT2D eigenvalue weighted by molar-refractivity contribution is -0.138. The Bertz CT molecular complexity index is 1300. The lowest BCUT2D eigenvalue weighted by atomic mass is 10.1. The van der Waals surface area contributed by atoms with Gasteiger partial charge < -0.3 is 14.5 Å². The molecule has 1 atom stereocenters. The number of ether oxygens (including phenoxy) is 1. The van der Waals surface area contributed by atoms with Crippen molar-refractivity contribution in [2.24, 2.45) is 0 Å². The molecular formula is C27H29N5O2. The minimum Gasteiger partial charge on any atom is -0.464 e. The van der Waals surface area contributed by atoms with Crippen LogP contribution in [0.25, 0.3) is 16.7 Å². The van der Waals surface area contributed by atoms with Crippen molar-refractivity contribution in [2.45, 2.75) is 26.9 Å². The Balaban J connectivity index is 1.31. The van der Waals surface area contributed by atoms with Gasteiger partial charge in [0.05, 0.1) is 11.4 Å². The van der Waals surface area contributed by atoms with Crippen LogP contribution in [0.15, 0.2) is 66.7 Å². The van der Waals surface area contributed by atoms with Crippen molar-refractivity contribution >= 4 is 22.6 Å². The van der Waals surface area contributed by atoms with Crippen molar-refractivity contribution in [1.82, 2.24) is 19.7 Å². The van der Waals surface area contributed by atoms with Crippen molar-refractivity contribution in [1.29, 1.82) is 0 Å². The van der Waals surface area contributed by atoms with Crippen molar-refractivity contribution in [3.8, 4) is 11.6 Å². The Morgan fingerprint density at radius 2 is 1.53 bits per heavy atom. The summed E-state index contributed by atoms with van der Waals surface area (Å²) in [6, 6.07) is 22.1. The fraction of sp³-hybridized carbons (Fsp3) is 0.296. The van der Waals surface area contributed by atoms with E-state index in [4.69, 9.17) is 14.8 Å². The minimum absolute atomic E-state index is 0.0139. The summed E-state index contributed by atoms with van der Waals surface area (Å²) in [5.41, 5.74) is 4.80. The summed E-state index contributed by atoms with van der Waals surface area (Å²) in [6.45, 7) is 8.77. The van der Waals surface area contributed by atoms with Crippen LogP contribution in [0.4, 0.5) is 5.69 Å². The molecule has 7 nitrogen and oxygen atoms in total. The van der Waals surface area contributed by atoms with E-state index in [9.17, 15) is 4.79 Å². The summed E-state index contributed by atoms with van der Waals surface area (Å²) in [5, 5.41) is 5.71. The van der Waals surface area contributed by atoms with Crippen LogP contribution in [0.3, 0.4) is 0 Å². The second-order valence-electron chi connectivity index (χ2n) is 8.72. The molecule has 3 heterocycles. The van der Waals surface area contributed by atoms with Gasteiger partial charge in [-0.15, -0.1) is 0 Å². The largest absolute Gasteiger partial charge is 0.464 e. The predicted molar refractivity (Wildman–Crippen MR) is 134 cm³/mol. The number of hydrogen-bond acceptors (Lipinski definition) is 5. The van der Waals surface area contributed by atoms with Gasteiger partial charge in [-0.05, 0) is 50.6 Å². The van der Waals surface area contributed by atoms with Gasteiger partial charge in [0.25, 0.3) is 5.91 Å². The average molecular weight is 456 g/mol. The quantitative estimate of drug-likeness (QED) is 0.452. The molecule has 0 N–H and O–H groups in total. The monoisotopic (exact) mass is 455 g/mol.